The van der Waals surface area contributed by atoms with Crippen LogP contribution in [0, 0.1) is 11.8 Å². The molecule has 3 fully saturated rings. The SMILES string of the molecule is CCC1CCC2(CC1)OCCNC2CC1CCC1. The molecule has 1 spiro atoms. The zero-order valence-corrected chi connectivity index (χ0v) is 11.9. The Morgan fingerprint density at radius 1 is 1.11 bits per heavy atom. The van der Waals surface area contributed by atoms with Crippen LogP contribution >= 0.6 is 0 Å². The predicted molar refractivity (Wildman–Crippen MR) is 74.7 cm³/mol. The molecule has 3 aliphatic rings. The van der Waals surface area contributed by atoms with E-state index in [1.54, 1.807) is 0 Å². The summed E-state index contributed by atoms with van der Waals surface area (Å²) in [5.41, 5.74) is 0.208. The number of rotatable bonds is 3. The summed E-state index contributed by atoms with van der Waals surface area (Å²) in [5.74, 6) is 1.95. The number of morpholine rings is 1. The third-order valence-electron chi connectivity index (χ3n) is 5.84. The van der Waals surface area contributed by atoms with Gasteiger partial charge in [0.1, 0.15) is 0 Å². The van der Waals surface area contributed by atoms with Gasteiger partial charge in [-0.15, -0.1) is 0 Å². The number of nitrogens with one attached hydrogen (secondary N) is 1. The van der Waals surface area contributed by atoms with E-state index in [-0.39, 0.29) is 5.60 Å². The molecule has 2 saturated carbocycles. The normalized spacial score (nSPS) is 41.8. The van der Waals surface area contributed by atoms with Crippen molar-refractivity contribution in [3.05, 3.63) is 0 Å². The Hall–Kier alpha value is -0.0800. The molecule has 0 aromatic rings. The Bertz CT molecular complexity index is 266. The molecule has 1 atom stereocenters. The summed E-state index contributed by atoms with van der Waals surface area (Å²) in [7, 11) is 0. The van der Waals surface area contributed by atoms with Crippen LogP contribution in [0.4, 0.5) is 0 Å². The lowest BCUT2D eigenvalue weighted by Gasteiger charge is -2.50. The molecule has 1 saturated heterocycles. The topological polar surface area (TPSA) is 21.3 Å². The number of hydrogen-bond donors (Lipinski definition) is 1. The van der Waals surface area contributed by atoms with Gasteiger partial charge in [-0.25, -0.2) is 0 Å². The summed E-state index contributed by atoms with van der Waals surface area (Å²) >= 11 is 0. The molecule has 104 valence electrons. The van der Waals surface area contributed by atoms with Gasteiger partial charge < -0.3 is 10.1 Å². The van der Waals surface area contributed by atoms with Crippen LogP contribution in [0.3, 0.4) is 0 Å². The molecule has 2 nitrogen and oxygen atoms in total. The predicted octanol–water partition coefficient (Wildman–Crippen LogP) is 3.50. The molecule has 1 aliphatic heterocycles. The Morgan fingerprint density at radius 3 is 2.50 bits per heavy atom. The molecular formula is C16H29NO. The van der Waals surface area contributed by atoms with Crippen molar-refractivity contribution in [2.45, 2.75) is 76.4 Å². The average molecular weight is 251 g/mol. The van der Waals surface area contributed by atoms with E-state index in [2.05, 4.69) is 12.2 Å². The van der Waals surface area contributed by atoms with Crippen LogP contribution < -0.4 is 5.32 Å². The van der Waals surface area contributed by atoms with Crippen molar-refractivity contribution in [3.8, 4) is 0 Å². The van der Waals surface area contributed by atoms with Gasteiger partial charge in [-0.2, -0.15) is 0 Å². The Kier molecular flexibility index (Phi) is 3.95. The maximum Gasteiger partial charge on any atom is 0.0835 e. The van der Waals surface area contributed by atoms with E-state index in [4.69, 9.17) is 4.74 Å². The van der Waals surface area contributed by atoms with Crippen molar-refractivity contribution in [1.29, 1.82) is 0 Å². The highest BCUT2D eigenvalue weighted by molar-refractivity contribution is 5.00. The van der Waals surface area contributed by atoms with Crippen LogP contribution in [0.25, 0.3) is 0 Å². The number of hydrogen-bond acceptors (Lipinski definition) is 2. The summed E-state index contributed by atoms with van der Waals surface area (Å²) in [6, 6.07) is 0.648. The minimum atomic E-state index is 0.208. The fourth-order valence-corrected chi connectivity index (χ4v) is 4.20. The third-order valence-corrected chi connectivity index (χ3v) is 5.84. The highest BCUT2D eigenvalue weighted by atomic mass is 16.5. The molecule has 1 heterocycles. The number of ether oxygens (including phenoxy) is 1. The fraction of sp³-hybridized carbons (Fsp3) is 1.00. The zero-order chi connectivity index (χ0) is 12.4. The van der Waals surface area contributed by atoms with E-state index in [9.17, 15) is 0 Å². The van der Waals surface area contributed by atoms with Crippen LogP contribution in [-0.2, 0) is 4.74 Å². The van der Waals surface area contributed by atoms with E-state index < -0.39 is 0 Å². The average Bonchev–Trinajstić information content (AvgIpc) is 2.37. The maximum atomic E-state index is 6.32. The van der Waals surface area contributed by atoms with Crippen LogP contribution in [0.1, 0.15) is 64.7 Å². The van der Waals surface area contributed by atoms with Crippen molar-refractivity contribution in [3.63, 3.8) is 0 Å². The van der Waals surface area contributed by atoms with Gasteiger partial charge in [0, 0.05) is 12.6 Å². The summed E-state index contributed by atoms with van der Waals surface area (Å²) in [4.78, 5) is 0. The van der Waals surface area contributed by atoms with Crippen molar-refractivity contribution in [2.24, 2.45) is 11.8 Å². The molecule has 3 rings (SSSR count). The first-order chi connectivity index (χ1) is 8.82. The van der Waals surface area contributed by atoms with Crippen molar-refractivity contribution in [1.82, 2.24) is 5.32 Å². The van der Waals surface area contributed by atoms with Gasteiger partial charge in [0.05, 0.1) is 12.2 Å². The molecule has 1 N–H and O–H groups in total. The lowest BCUT2D eigenvalue weighted by molar-refractivity contribution is -0.129. The second-order valence-electron chi connectivity index (χ2n) is 6.80. The minimum Gasteiger partial charge on any atom is -0.372 e. The first-order valence-electron chi connectivity index (χ1n) is 8.20. The highest BCUT2D eigenvalue weighted by Crippen LogP contribution is 2.43. The molecule has 0 bridgehead atoms. The van der Waals surface area contributed by atoms with Gasteiger partial charge in [-0.1, -0.05) is 32.6 Å². The van der Waals surface area contributed by atoms with E-state index in [0.717, 1.165) is 25.0 Å². The van der Waals surface area contributed by atoms with Gasteiger partial charge in [0.2, 0.25) is 0 Å². The molecule has 18 heavy (non-hydrogen) atoms. The Morgan fingerprint density at radius 2 is 1.89 bits per heavy atom. The van der Waals surface area contributed by atoms with E-state index in [1.807, 2.05) is 0 Å². The van der Waals surface area contributed by atoms with Gasteiger partial charge in [0.25, 0.3) is 0 Å². The summed E-state index contributed by atoms with van der Waals surface area (Å²) in [6.07, 6.45) is 12.5. The smallest absolute Gasteiger partial charge is 0.0835 e. The lowest BCUT2D eigenvalue weighted by Crippen LogP contribution is -2.60. The standard InChI is InChI=1S/C16H29NO/c1-2-13-6-8-16(9-7-13)15(17-10-11-18-16)12-14-4-3-5-14/h13-15,17H,2-12H2,1H3. The van der Waals surface area contributed by atoms with E-state index >= 15 is 0 Å². The molecule has 0 aromatic heterocycles. The Labute approximate surface area is 112 Å². The van der Waals surface area contributed by atoms with Crippen molar-refractivity contribution in [2.75, 3.05) is 13.2 Å². The monoisotopic (exact) mass is 251 g/mol. The van der Waals surface area contributed by atoms with Gasteiger partial charge in [0.15, 0.2) is 0 Å². The lowest BCUT2D eigenvalue weighted by atomic mass is 9.69. The molecule has 0 aromatic carbocycles. The fourth-order valence-electron chi connectivity index (χ4n) is 4.20. The molecular weight excluding hydrogens is 222 g/mol. The van der Waals surface area contributed by atoms with Crippen LogP contribution in [0.5, 0.6) is 0 Å². The highest BCUT2D eigenvalue weighted by Gasteiger charge is 2.45. The van der Waals surface area contributed by atoms with Crippen LogP contribution in [0.2, 0.25) is 0 Å². The minimum absolute atomic E-state index is 0.208. The molecule has 0 amide bonds. The van der Waals surface area contributed by atoms with Gasteiger partial charge >= 0.3 is 0 Å². The molecule has 1 unspecified atom stereocenters. The van der Waals surface area contributed by atoms with Crippen molar-refractivity contribution < 1.29 is 4.74 Å². The van der Waals surface area contributed by atoms with Crippen LogP contribution in [0.15, 0.2) is 0 Å². The maximum absolute atomic E-state index is 6.32. The molecule has 0 radical (unpaired) electrons. The zero-order valence-electron chi connectivity index (χ0n) is 11.9. The first kappa shape index (κ1) is 12.9. The second-order valence-corrected chi connectivity index (χ2v) is 6.80. The Balaban J connectivity index is 1.62. The summed E-state index contributed by atoms with van der Waals surface area (Å²) in [5, 5.41) is 3.79. The van der Waals surface area contributed by atoms with Crippen molar-refractivity contribution >= 4 is 0 Å². The van der Waals surface area contributed by atoms with Crippen LogP contribution in [-0.4, -0.2) is 24.8 Å². The van der Waals surface area contributed by atoms with E-state index in [0.29, 0.717) is 6.04 Å². The summed E-state index contributed by atoms with van der Waals surface area (Å²) < 4.78 is 6.32. The van der Waals surface area contributed by atoms with Gasteiger partial charge in [-0.05, 0) is 43.9 Å². The molecule has 2 aliphatic carbocycles. The second kappa shape index (κ2) is 5.50. The first-order valence-corrected chi connectivity index (χ1v) is 8.20. The largest absolute Gasteiger partial charge is 0.372 e. The van der Waals surface area contributed by atoms with Gasteiger partial charge in [-0.3, -0.25) is 0 Å². The van der Waals surface area contributed by atoms with E-state index in [1.165, 1.54) is 57.8 Å². The molecule has 2 heteroatoms. The third kappa shape index (κ3) is 2.46. The summed E-state index contributed by atoms with van der Waals surface area (Å²) in [6.45, 7) is 4.34. The quantitative estimate of drug-likeness (QED) is 0.829.